The predicted octanol–water partition coefficient (Wildman–Crippen LogP) is 0.0854. The van der Waals surface area contributed by atoms with Crippen LogP contribution in [0.3, 0.4) is 0 Å². The van der Waals surface area contributed by atoms with Gasteiger partial charge in [-0.3, -0.25) is 9.63 Å². The first-order valence-electron chi connectivity index (χ1n) is 3.85. The minimum Gasteiger partial charge on any atom is -0.316 e. The summed E-state index contributed by atoms with van der Waals surface area (Å²) in [5, 5.41) is 3.20. The van der Waals surface area contributed by atoms with E-state index in [0.717, 1.165) is 19.5 Å². The van der Waals surface area contributed by atoms with Crippen LogP contribution in [0.25, 0.3) is 0 Å². The Morgan fingerprint density at radius 3 is 3.00 bits per heavy atom. The highest BCUT2D eigenvalue weighted by molar-refractivity contribution is 5.85. The second kappa shape index (κ2) is 6.22. The maximum Gasteiger partial charge on any atom is 0.243 e. The number of hydroxylamine groups is 1. The molecule has 72 valence electrons. The van der Waals surface area contributed by atoms with E-state index >= 15 is 0 Å². The van der Waals surface area contributed by atoms with Crippen molar-refractivity contribution >= 4 is 18.3 Å². The van der Waals surface area contributed by atoms with Crippen LogP contribution in [0.1, 0.15) is 12.8 Å². The number of hydrogen-bond acceptors (Lipinski definition) is 3. The monoisotopic (exact) mass is 194 g/mol. The lowest BCUT2D eigenvalue weighted by atomic mass is 10.1. The fourth-order valence-corrected chi connectivity index (χ4v) is 1.31. The smallest absolute Gasteiger partial charge is 0.243 e. The van der Waals surface area contributed by atoms with Gasteiger partial charge < -0.3 is 5.32 Å². The molecule has 0 aromatic rings. The van der Waals surface area contributed by atoms with Gasteiger partial charge in [0.25, 0.3) is 0 Å². The number of rotatable bonds is 3. The van der Waals surface area contributed by atoms with Gasteiger partial charge in [0.15, 0.2) is 0 Å². The average molecular weight is 195 g/mol. The quantitative estimate of drug-likeness (QED) is 0.626. The molecule has 0 radical (unpaired) electrons. The summed E-state index contributed by atoms with van der Waals surface area (Å²) in [7, 11) is 1.45. The Balaban J connectivity index is 0.00000121. The van der Waals surface area contributed by atoms with Crippen molar-refractivity contribution in [3.8, 4) is 0 Å². The van der Waals surface area contributed by atoms with Crippen molar-refractivity contribution in [2.45, 2.75) is 12.8 Å². The second-order valence-electron chi connectivity index (χ2n) is 2.79. The molecule has 1 fully saturated rings. The molecule has 5 heteroatoms. The summed E-state index contributed by atoms with van der Waals surface area (Å²) >= 11 is 0. The molecule has 1 rings (SSSR count). The zero-order valence-electron chi connectivity index (χ0n) is 7.13. The molecule has 2 N–H and O–H groups in total. The lowest BCUT2D eigenvalue weighted by Gasteiger charge is -2.06. The lowest BCUT2D eigenvalue weighted by Crippen LogP contribution is -2.25. The normalized spacial score (nSPS) is 21.6. The highest BCUT2D eigenvalue weighted by Crippen LogP contribution is 2.11. The lowest BCUT2D eigenvalue weighted by molar-refractivity contribution is -0.132. The van der Waals surface area contributed by atoms with Crippen molar-refractivity contribution in [2.75, 3.05) is 20.2 Å². The summed E-state index contributed by atoms with van der Waals surface area (Å²) in [6.07, 6.45) is 1.66. The van der Waals surface area contributed by atoms with Gasteiger partial charge >= 0.3 is 0 Å². The fourth-order valence-electron chi connectivity index (χ4n) is 1.31. The van der Waals surface area contributed by atoms with Crippen LogP contribution in [0.15, 0.2) is 0 Å². The molecule has 0 bridgehead atoms. The van der Waals surface area contributed by atoms with Crippen molar-refractivity contribution in [3.05, 3.63) is 0 Å². The molecule has 1 amide bonds. The van der Waals surface area contributed by atoms with Crippen LogP contribution in [-0.4, -0.2) is 26.1 Å². The van der Waals surface area contributed by atoms with E-state index in [-0.39, 0.29) is 18.3 Å². The number of carbonyl (C=O) groups is 1. The molecule has 0 spiro atoms. The van der Waals surface area contributed by atoms with Crippen molar-refractivity contribution in [3.63, 3.8) is 0 Å². The first-order chi connectivity index (χ1) is 5.33. The minimum absolute atomic E-state index is 0. The third kappa shape index (κ3) is 3.90. The Bertz CT molecular complexity index is 137. The average Bonchev–Trinajstić information content (AvgIpc) is 2.40. The Hall–Kier alpha value is -0.320. The van der Waals surface area contributed by atoms with Gasteiger partial charge in [-0.2, -0.15) is 0 Å². The van der Waals surface area contributed by atoms with Gasteiger partial charge in [0.1, 0.15) is 0 Å². The third-order valence-electron chi connectivity index (χ3n) is 1.85. The summed E-state index contributed by atoms with van der Waals surface area (Å²) in [5.74, 6) is 0.464. The van der Waals surface area contributed by atoms with Crippen molar-refractivity contribution in [1.29, 1.82) is 0 Å². The summed E-state index contributed by atoms with van der Waals surface area (Å²) < 4.78 is 0. The number of halogens is 1. The zero-order chi connectivity index (χ0) is 8.10. The number of hydrogen-bond donors (Lipinski definition) is 2. The van der Waals surface area contributed by atoms with E-state index in [4.69, 9.17) is 0 Å². The standard InChI is InChI=1S/C7H14N2O2.ClH/c1-11-9-7(10)4-6-2-3-8-5-6;/h6,8H,2-5H2,1H3,(H,9,10);1H/t6-;/m0./s1. The van der Waals surface area contributed by atoms with Gasteiger partial charge in [-0.15, -0.1) is 12.4 Å². The molecule has 1 aliphatic heterocycles. The van der Waals surface area contributed by atoms with Crippen LogP contribution in [0.2, 0.25) is 0 Å². The van der Waals surface area contributed by atoms with Gasteiger partial charge in [-0.1, -0.05) is 0 Å². The van der Waals surface area contributed by atoms with E-state index in [1.54, 1.807) is 0 Å². The van der Waals surface area contributed by atoms with Crippen LogP contribution >= 0.6 is 12.4 Å². The number of nitrogens with one attached hydrogen (secondary N) is 2. The molecule has 0 saturated carbocycles. The summed E-state index contributed by atoms with van der Waals surface area (Å²) in [5.41, 5.74) is 2.31. The van der Waals surface area contributed by atoms with E-state index in [1.165, 1.54) is 7.11 Å². The molecule has 0 aromatic carbocycles. The molecule has 12 heavy (non-hydrogen) atoms. The van der Waals surface area contributed by atoms with E-state index in [9.17, 15) is 4.79 Å². The van der Waals surface area contributed by atoms with Gasteiger partial charge in [0.05, 0.1) is 7.11 Å². The van der Waals surface area contributed by atoms with Crippen LogP contribution < -0.4 is 10.8 Å². The van der Waals surface area contributed by atoms with Gasteiger partial charge in [0, 0.05) is 6.42 Å². The molecule has 0 unspecified atom stereocenters. The molecular formula is C7H15ClN2O2. The molecule has 0 aliphatic carbocycles. The number of amides is 1. The summed E-state index contributed by atoms with van der Waals surface area (Å²) in [6, 6.07) is 0. The molecular weight excluding hydrogens is 180 g/mol. The second-order valence-corrected chi connectivity index (χ2v) is 2.79. The van der Waals surface area contributed by atoms with Crippen LogP contribution in [-0.2, 0) is 9.63 Å². The van der Waals surface area contributed by atoms with Crippen LogP contribution in [0.4, 0.5) is 0 Å². The molecule has 1 aliphatic rings. The van der Waals surface area contributed by atoms with E-state index in [0.29, 0.717) is 12.3 Å². The van der Waals surface area contributed by atoms with Crippen LogP contribution in [0, 0.1) is 5.92 Å². The summed E-state index contributed by atoms with van der Waals surface area (Å²) in [4.78, 5) is 15.4. The minimum atomic E-state index is -0.0267. The highest BCUT2D eigenvalue weighted by atomic mass is 35.5. The van der Waals surface area contributed by atoms with Crippen molar-refractivity contribution in [1.82, 2.24) is 10.8 Å². The molecule has 1 heterocycles. The third-order valence-corrected chi connectivity index (χ3v) is 1.85. The van der Waals surface area contributed by atoms with Crippen molar-refractivity contribution in [2.24, 2.45) is 5.92 Å². The van der Waals surface area contributed by atoms with E-state index < -0.39 is 0 Å². The largest absolute Gasteiger partial charge is 0.316 e. The summed E-state index contributed by atoms with van der Waals surface area (Å²) in [6.45, 7) is 1.99. The predicted molar refractivity (Wildman–Crippen MR) is 48.0 cm³/mol. The SMILES string of the molecule is CONC(=O)C[C@@H]1CCNC1.Cl. The Kier molecular flexibility index (Phi) is 6.06. The maximum atomic E-state index is 10.9. The molecule has 1 saturated heterocycles. The fraction of sp³-hybridized carbons (Fsp3) is 0.857. The maximum absolute atomic E-state index is 10.9. The number of carbonyl (C=O) groups excluding carboxylic acids is 1. The van der Waals surface area contributed by atoms with Crippen LogP contribution in [0.5, 0.6) is 0 Å². The molecule has 0 aromatic heterocycles. The topological polar surface area (TPSA) is 50.4 Å². The Morgan fingerprint density at radius 2 is 2.50 bits per heavy atom. The van der Waals surface area contributed by atoms with E-state index in [2.05, 4.69) is 15.6 Å². The molecule has 4 nitrogen and oxygen atoms in total. The van der Waals surface area contributed by atoms with Gasteiger partial charge in [-0.05, 0) is 25.4 Å². The zero-order valence-corrected chi connectivity index (χ0v) is 7.95. The Labute approximate surface area is 78.4 Å². The highest BCUT2D eigenvalue weighted by Gasteiger charge is 2.17. The van der Waals surface area contributed by atoms with E-state index in [1.807, 2.05) is 0 Å². The van der Waals surface area contributed by atoms with Gasteiger partial charge in [-0.25, -0.2) is 5.48 Å². The van der Waals surface area contributed by atoms with Gasteiger partial charge in [0.2, 0.25) is 5.91 Å². The van der Waals surface area contributed by atoms with Crippen molar-refractivity contribution < 1.29 is 9.63 Å². The molecule has 1 atom stereocenters. The Morgan fingerprint density at radius 1 is 1.75 bits per heavy atom. The first-order valence-corrected chi connectivity index (χ1v) is 3.85. The first kappa shape index (κ1) is 11.7.